The lowest BCUT2D eigenvalue weighted by molar-refractivity contribution is -0.118. The van der Waals surface area contributed by atoms with Crippen molar-refractivity contribution in [3.8, 4) is 5.75 Å². The van der Waals surface area contributed by atoms with Gasteiger partial charge in [-0.25, -0.2) is 0 Å². The number of anilines is 1. The van der Waals surface area contributed by atoms with Gasteiger partial charge in [-0.15, -0.1) is 0 Å². The van der Waals surface area contributed by atoms with Gasteiger partial charge in [0.05, 0.1) is 12.0 Å². The highest BCUT2D eigenvalue weighted by molar-refractivity contribution is 6.09. The van der Waals surface area contributed by atoms with Crippen LogP contribution in [0, 0.1) is 6.92 Å². The lowest BCUT2D eigenvalue weighted by Gasteiger charge is -2.18. The van der Waals surface area contributed by atoms with E-state index in [1.165, 1.54) is 6.26 Å². The zero-order chi connectivity index (χ0) is 13.4. The molecule has 19 heavy (non-hydrogen) atoms. The van der Waals surface area contributed by atoms with Gasteiger partial charge in [-0.3, -0.25) is 9.59 Å². The number of ether oxygens (including phenoxy) is 1. The predicted molar refractivity (Wildman–Crippen MR) is 67.4 cm³/mol. The molecule has 2 heterocycles. The van der Waals surface area contributed by atoms with Crippen molar-refractivity contribution in [2.24, 2.45) is 0 Å². The summed E-state index contributed by atoms with van der Waals surface area (Å²) in [5.41, 5.74) is 1.73. The number of hydrogen-bond donors (Lipinski definition) is 1. The molecule has 0 atom stereocenters. The summed E-state index contributed by atoms with van der Waals surface area (Å²) in [4.78, 5) is 23.5. The van der Waals surface area contributed by atoms with Crippen LogP contribution in [0.4, 0.5) is 5.69 Å². The molecule has 1 aromatic carbocycles. The summed E-state index contributed by atoms with van der Waals surface area (Å²) in [6.45, 7) is 1.80. The first kappa shape index (κ1) is 11.5. The number of ketones is 1. The van der Waals surface area contributed by atoms with Crippen molar-refractivity contribution < 1.29 is 18.7 Å². The number of amides is 1. The molecule has 0 unspecified atom stereocenters. The molecule has 3 rings (SSSR count). The first-order chi connectivity index (χ1) is 9.15. The maximum atomic E-state index is 12.2. The van der Waals surface area contributed by atoms with Crippen molar-refractivity contribution in [1.82, 2.24) is 0 Å². The fourth-order valence-electron chi connectivity index (χ4n) is 1.96. The largest absolute Gasteiger partial charge is 0.482 e. The zero-order valence-corrected chi connectivity index (χ0v) is 10.2. The van der Waals surface area contributed by atoms with Gasteiger partial charge in [-0.05, 0) is 36.8 Å². The summed E-state index contributed by atoms with van der Waals surface area (Å²) in [5, 5.41) is 2.67. The van der Waals surface area contributed by atoms with Crippen molar-refractivity contribution in [2.75, 3.05) is 11.9 Å². The SMILES string of the molecule is Cc1ccoc1C(=O)c1ccc2c(c1)NC(=O)CO2. The molecule has 1 amide bonds. The van der Waals surface area contributed by atoms with Gasteiger partial charge >= 0.3 is 0 Å². The Kier molecular flexibility index (Phi) is 2.59. The van der Waals surface area contributed by atoms with Gasteiger partial charge in [0.2, 0.25) is 5.78 Å². The van der Waals surface area contributed by atoms with Crippen molar-refractivity contribution >= 4 is 17.4 Å². The minimum Gasteiger partial charge on any atom is -0.482 e. The third-order valence-corrected chi connectivity index (χ3v) is 2.94. The molecule has 0 fully saturated rings. The number of furan rings is 1. The van der Waals surface area contributed by atoms with Gasteiger partial charge < -0.3 is 14.5 Å². The van der Waals surface area contributed by atoms with Crippen LogP contribution in [0.1, 0.15) is 21.7 Å². The molecule has 1 aliphatic rings. The highest BCUT2D eigenvalue weighted by Gasteiger charge is 2.20. The number of aryl methyl sites for hydroxylation is 1. The van der Waals surface area contributed by atoms with E-state index in [1.807, 2.05) is 0 Å². The topological polar surface area (TPSA) is 68.5 Å². The average molecular weight is 257 g/mol. The minimum absolute atomic E-state index is 0.00240. The van der Waals surface area contributed by atoms with Crippen molar-refractivity contribution in [1.29, 1.82) is 0 Å². The maximum Gasteiger partial charge on any atom is 0.262 e. The van der Waals surface area contributed by atoms with Gasteiger partial charge in [0.25, 0.3) is 5.91 Å². The van der Waals surface area contributed by atoms with Gasteiger partial charge in [0.15, 0.2) is 12.4 Å². The second kappa shape index (κ2) is 4.28. The fraction of sp³-hybridized carbons (Fsp3) is 0.143. The third kappa shape index (κ3) is 1.99. The summed E-state index contributed by atoms with van der Waals surface area (Å²) in [6, 6.07) is 6.65. The molecule has 5 heteroatoms. The van der Waals surface area contributed by atoms with Crippen LogP contribution in [0.25, 0.3) is 0 Å². The van der Waals surface area contributed by atoms with Crippen LogP contribution >= 0.6 is 0 Å². The minimum atomic E-state index is -0.230. The number of fused-ring (bicyclic) bond motifs is 1. The quantitative estimate of drug-likeness (QED) is 0.837. The average Bonchev–Trinajstić information content (AvgIpc) is 2.83. The van der Waals surface area contributed by atoms with Crippen molar-refractivity contribution in [2.45, 2.75) is 6.92 Å². The summed E-state index contributed by atoms with van der Waals surface area (Å²) in [5.74, 6) is 0.423. The maximum absolute atomic E-state index is 12.2. The number of carbonyl (C=O) groups excluding carboxylic acids is 2. The van der Waals surface area contributed by atoms with Crippen LogP contribution in [0.15, 0.2) is 34.9 Å². The van der Waals surface area contributed by atoms with E-state index < -0.39 is 0 Å². The molecule has 0 bridgehead atoms. The van der Waals surface area contributed by atoms with E-state index in [0.717, 1.165) is 5.56 Å². The van der Waals surface area contributed by atoms with Crippen LogP contribution in [0.2, 0.25) is 0 Å². The number of carbonyl (C=O) groups is 2. The normalized spacial score (nSPS) is 13.4. The number of hydrogen-bond acceptors (Lipinski definition) is 4. The Hall–Kier alpha value is -2.56. The van der Waals surface area contributed by atoms with Gasteiger partial charge in [-0.2, -0.15) is 0 Å². The van der Waals surface area contributed by atoms with Crippen molar-refractivity contribution in [3.63, 3.8) is 0 Å². The van der Waals surface area contributed by atoms with E-state index in [1.54, 1.807) is 31.2 Å². The summed E-state index contributed by atoms with van der Waals surface area (Å²) < 4.78 is 10.4. The zero-order valence-electron chi connectivity index (χ0n) is 10.2. The molecular formula is C14H11NO4. The lowest BCUT2D eigenvalue weighted by Crippen LogP contribution is -2.25. The van der Waals surface area contributed by atoms with E-state index >= 15 is 0 Å². The van der Waals surface area contributed by atoms with Crippen molar-refractivity contribution in [3.05, 3.63) is 47.4 Å². The van der Waals surface area contributed by atoms with E-state index in [-0.39, 0.29) is 18.3 Å². The summed E-state index contributed by atoms with van der Waals surface area (Å²) >= 11 is 0. The molecule has 1 aromatic heterocycles. The molecular weight excluding hydrogens is 246 g/mol. The summed E-state index contributed by atoms with van der Waals surface area (Å²) in [7, 11) is 0. The number of nitrogens with one attached hydrogen (secondary N) is 1. The third-order valence-electron chi connectivity index (χ3n) is 2.94. The van der Waals surface area contributed by atoms with Crippen LogP contribution in [0.3, 0.4) is 0 Å². The second-order valence-electron chi connectivity index (χ2n) is 4.31. The van der Waals surface area contributed by atoms with E-state index in [9.17, 15) is 9.59 Å². The molecule has 0 saturated heterocycles. The molecule has 0 saturated carbocycles. The summed E-state index contributed by atoms with van der Waals surface area (Å²) in [6.07, 6.45) is 1.48. The van der Waals surface area contributed by atoms with Crippen LogP contribution in [0.5, 0.6) is 5.75 Å². The lowest BCUT2D eigenvalue weighted by atomic mass is 10.1. The Bertz CT molecular complexity index is 672. The molecule has 5 nitrogen and oxygen atoms in total. The van der Waals surface area contributed by atoms with Gasteiger partial charge in [-0.1, -0.05) is 0 Å². The Balaban J connectivity index is 1.98. The van der Waals surface area contributed by atoms with Crippen LogP contribution < -0.4 is 10.1 Å². The number of benzene rings is 1. The Morgan fingerprint density at radius 2 is 2.16 bits per heavy atom. The molecule has 1 N–H and O–H groups in total. The number of rotatable bonds is 2. The standard InChI is InChI=1S/C14H11NO4/c1-8-4-5-18-14(8)13(17)9-2-3-11-10(6-9)15-12(16)7-19-11/h2-6H,7H2,1H3,(H,15,16). The fourth-order valence-corrected chi connectivity index (χ4v) is 1.96. The van der Waals surface area contributed by atoms with E-state index in [0.29, 0.717) is 22.8 Å². The molecule has 96 valence electrons. The first-order valence-corrected chi connectivity index (χ1v) is 5.80. The molecule has 0 radical (unpaired) electrons. The Morgan fingerprint density at radius 3 is 2.89 bits per heavy atom. The van der Waals surface area contributed by atoms with E-state index in [4.69, 9.17) is 9.15 Å². The van der Waals surface area contributed by atoms with Gasteiger partial charge in [0, 0.05) is 5.56 Å². The van der Waals surface area contributed by atoms with Gasteiger partial charge in [0.1, 0.15) is 5.75 Å². The molecule has 0 spiro atoms. The van der Waals surface area contributed by atoms with Crippen LogP contribution in [-0.4, -0.2) is 18.3 Å². The Labute approximate surface area is 109 Å². The monoisotopic (exact) mass is 257 g/mol. The van der Waals surface area contributed by atoms with Crippen LogP contribution in [-0.2, 0) is 4.79 Å². The molecule has 0 aliphatic carbocycles. The second-order valence-corrected chi connectivity index (χ2v) is 4.31. The van der Waals surface area contributed by atoms with E-state index in [2.05, 4.69) is 5.32 Å². The Morgan fingerprint density at radius 1 is 1.32 bits per heavy atom. The molecule has 2 aromatic rings. The smallest absolute Gasteiger partial charge is 0.262 e. The highest BCUT2D eigenvalue weighted by atomic mass is 16.5. The first-order valence-electron chi connectivity index (χ1n) is 5.80. The predicted octanol–water partition coefficient (Wildman–Crippen LogP) is 2.15. The molecule has 1 aliphatic heterocycles. The highest BCUT2D eigenvalue weighted by Crippen LogP contribution is 2.29.